The molecule has 84 valence electrons. The lowest BCUT2D eigenvalue weighted by molar-refractivity contribution is 0.686. The molecule has 0 amide bonds. The Morgan fingerprint density at radius 3 is 1.23 bits per heavy atom. The van der Waals surface area contributed by atoms with Gasteiger partial charge in [-0.2, -0.15) is 0 Å². The first kappa shape index (κ1) is 13.7. The fraction of sp³-hybridized carbons (Fsp3) is 1.00. The number of rotatable bonds is 3. The monoisotopic (exact) mass is 224 g/mol. The Morgan fingerprint density at radius 1 is 0.846 bits per heavy atom. The van der Waals surface area contributed by atoms with E-state index in [9.17, 15) is 0 Å². The standard InChI is InChI=1S/C11H28S2/c1-10(12(4,5)6)11(2,3)13(7,8)9/h10H,1-9H3. The zero-order chi connectivity index (χ0) is 11.1. The second kappa shape index (κ2) is 3.69. The van der Waals surface area contributed by atoms with E-state index in [1.807, 2.05) is 0 Å². The van der Waals surface area contributed by atoms with Gasteiger partial charge >= 0.3 is 0 Å². The van der Waals surface area contributed by atoms with Gasteiger partial charge in [-0.25, -0.2) is 20.1 Å². The van der Waals surface area contributed by atoms with Crippen LogP contribution in [0.5, 0.6) is 0 Å². The van der Waals surface area contributed by atoms with Gasteiger partial charge in [0, 0.05) is 4.75 Å². The van der Waals surface area contributed by atoms with Crippen LogP contribution in [-0.2, 0) is 0 Å². The summed E-state index contributed by atoms with van der Waals surface area (Å²) in [6.45, 7) is 7.34. The molecule has 13 heavy (non-hydrogen) atoms. The van der Waals surface area contributed by atoms with Gasteiger partial charge in [-0.3, -0.25) is 0 Å². The maximum absolute atomic E-state index is 2.45. The Morgan fingerprint density at radius 2 is 1.15 bits per heavy atom. The summed E-state index contributed by atoms with van der Waals surface area (Å²) in [6, 6.07) is 0. The van der Waals surface area contributed by atoms with E-state index >= 15 is 0 Å². The fourth-order valence-electron chi connectivity index (χ4n) is 1.35. The highest BCUT2D eigenvalue weighted by atomic mass is 32.3. The summed E-state index contributed by atoms with van der Waals surface area (Å²) in [5.41, 5.74) is 0. The van der Waals surface area contributed by atoms with Crippen LogP contribution in [0.3, 0.4) is 0 Å². The first-order valence-corrected chi connectivity index (χ1v) is 10.5. The van der Waals surface area contributed by atoms with E-state index in [1.54, 1.807) is 0 Å². The van der Waals surface area contributed by atoms with Gasteiger partial charge in [0.15, 0.2) is 0 Å². The predicted octanol–water partition coefficient (Wildman–Crippen LogP) is 3.54. The quantitative estimate of drug-likeness (QED) is 0.688. The topological polar surface area (TPSA) is 0 Å². The first-order chi connectivity index (χ1) is 5.40. The molecule has 0 radical (unpaired) electrons. The van der Waals surface area contributed by atoms with Crippen molar-refractivity contribution in [1.82, 2.24) is 0 Å². The molecule has 0 aromatic rings. The Kier molecular flexibility index (Phi) is 3.89. The third kappa shape index (κ3) is 3.09. The van der Waals surface area contributed by atoms with Gasteiger partial charge in [-0.15, -0.1) is 0 Å². The van der Waals surface area contributed by atoms with Crippen LogP contribution in [0.4, 0.5) is 0 Å². The second-order valence-electron chi connectivity index (χ2n) is 6.01. The fourth-order valence-corrected chi connectivity index (χ4v) is 5.78. The van der Waals surface area contributed by atoms with Crippen molar-refractivity contribution in [2.45, 2.75) is 30.8 Å². The molecule has 0 rings (SSSR count). The van der Waals surface area contributed by atoms with Crippen LogP contribution in [0.15, 0.2) is 0 Å². The van der Waals surface area contributed by atoms with Crippen LogP contribution in [0, 0.1) is 0 Å². The van der Waals surface area contributed by atoms with Crippen molar-refractivity contribution in [2.24, 2.45) is 0 Å². The van der Waals surface area contributed by atoms with E-state index in [0.717, 1.165) is 5.25 Å². The summed E-state index contributed by atoms with van der Waals surface area (Å²) in [5, 5.41) is 0.843. The Balaban J connectivity index is 4.86. The molecule has 0 aromatic carbocycles. The van der Waals surface area contributed by atoms with Gasteiger partial charge in [0.25, 0.3) is 0 Å². The van der Waals surface area contributed by atoms with Crippen molar-refractivity contribution in [3.63, 3.8) is 0 Å². The lowest BCUT2D eigenvalue weighted by Gasteiger charge is -2.54. The summed E-state index contributed by atoms with van der Waals surface area (Å²) in [7, 11) is -0.887. The molecule has 0 aliphatic carbocycles. The molecule has 0 saturated carbocycles. The molecule has 1 atom stereocenters. The Hall–Kier alpha value is 0.700. The minimum atomic E-state index is -0.464. The highest BCUT2D eigenvalue weighted by molar-refractivity contribution is 8.36. The Labute approximate surface area is 88.5 Å². The first-order valence-electron chi connectivity index (χ1n) is 4.76. The van der Waals surface area contributed by atoms with Crippen LogP contribution < -0.4 is 0 Å². The lowest BCUT2D eigenvalue weighted by atomic mass is 10.1. The zero-order valence-electron chi connectivity index (χ0n) is 10.9. The predicted molar refractivity (Wildman–Crippen MR) is 74.3 cm³/mol. The Bertz CT molecular complexity index is 170. The summed E-state index contributed by atoms with van der Waals surface area (Å²) < 4.78 is 0.501. The average Bonchev–Trinajstić information content (AvgIpc) is 1.81. The van der Waals surface area contributed by atoms with Crippen molar-refractivity contribution < 1.29 is 0 Å². The largest absolute Gasteiger partial charge is 0.246 e. The SMILES string of the molecule is CC(C(C)(C)S(C)(C)C)S(C)(C)C. The molecule has 0 aliphatic rings. The van der Waals surface area contributed by atoms with Crippen molar-refractivity contribution in [1.29, 1.82) is 0 Å². The van der Waals surface area contributed by atoms with E-state index in [0.29, 0.717) is 4.75 Å². The van der Waals surface area contributed by atoms with Crippen molar-refractivity contribution in [3.8, 4) is 0 Å². The lowest BCUT2D eigenvalue weighted by Crippen LogP contribution is -2.40. The third-order valence-corrected chi connectivity index (χ3v) is 9.99. The van der Waals surface area contributed by atoms with E-state index < -0.39 is 20.1 Å². The average molecular weight is 224 g/mol. The van der Waals surface area contributed by atoms with Crippen LogP contribution in [0.25, 0.3) is 0 Å². The summed E-state index contributed by atoms with van der Waals surface area (Å²) >= 11 is 0. The molecule has 0 aromatic heterocycles. The van der Waals surface area contributed by atoms with Crippen LogP contribution >= 0.6 is 20.1 Å². The van der Waals surface area contributed by atoms with Gasteiger partial charge in [-0.05, 0) is 42.8 Å². The van der Waals surface area contributed by atoms with Gasteiger partial charge in [-0.1, -0.05) is 20.8 Å². The van der Waals surface area contributed by atoms with Gasteiger partial charge < -0.3 is 0 Å². The maximum atomic E-state index is 2.45. The molecule has 2 heteroatoms. The molecule has 0 spiro atoms. The minimum absolute atomic E-state index is 0.423. The van der Waals surface area contributed by atoms with Gasteiger partial charge in [0.2, 0.25) is 0 Å². The van der Waals surface area contributed by atoms with Crippen LogP contribution in [0.2, 0.25) is 0 Å². The van der Waals surface area contributed by atoms with Gasteiger partial charge in [0.05, 0.1) is 0 Å². The molecule has 0 saturated heterocycles. The molecular formula is C11H28S2. The molecule has 1 unspecified atom stereocenters. The summed E-state index contributed by atoms with van der Waals surface area (Å²) in [5.74, 6) is 0. The summed E-state index contributed by atoms with van der Waals surface area (Å²) in [4.78, 5) is 0. The molecular weight excluding hydrogens is 196 g/mol. The van der Waals surface area contributed by atoms with Crippen LogP contribution in [-0.4, -0.2) is 47.5 Å². The number of hydrogen-bond donors (Lipinski definition) is 0. The highest BCUT2D eigenvalue weighted by Crippen LogP contribution is 2.59. The van der Waals surface area contributed by atoms with E-state index in [-0.39, 0.29) is 0 Å². The normalized spacial score (nSPS) is 19.8. The second-order valence-corrected chi connectivity index (χ2v) is 15.3. The molecule has 0 aliphatic heterocycles. The third-order valence-electron chi connectivity index (χ3n) is 3.62. The maximum Gasteiger partial charge on any atom is 0.00403 e. The minimum Gasteiger partial charge on any atom is -0.246 e. The smallest absolute Gasteiger partial charge is 0.00403 e. The highest BCUT2D eigenvalue weighted by Gasteiger charge is 2.38. The molecule has 0 N–H and O–H groups in total. The van der Waals surface area contributed by atoms with Gasteiger partial charge in [0.1, 0.15) is 0 Å². The zero-order valence-corrected chi connectivity index (χ0v) is 12.5. The molecule has 0 fully saturated rings. The van der Waals surface area contributed by atoms with E-state index in [4.69, 9.17) is 0 Å². The van der Waals surface area contributed by atoms with E-state index in [2.05, 4.69) is 58.3 Å². The molecule has 0 bridgehead atoms. The van der Waals surface area contributed by atoms with Crippen molar-refractivity contribution in [2.75, 3.05) is 37.5 Å². The molecule has 0 heterocycles. The summed E-state index contributed by atoms with van der Waals surface area (Å²) in [6.07, 6.45) is 14.6. The number of hydrogen-bond acceptors (Lipinski definition) is 0. The van der Waals surface area contributed by atoms with Crippen molar-refractivity contribution in [3.05, 3.63) is 0 Å². The van der Waals surface area contributed by atoms with Crippen molar-refractivity contribution >= 4 is 20.1 Å². The van der Waals surface area contributed by atoms with E-state index in [1.165, 1.54) is 0 Å². The molecule has 0 nitrogen and oxygen atoms in total. The van der Waals surface area contributed by atoms with Crippen LogP contribution in [0.1, 0.15) is 20.8 Å².